The van der Waals surface area contributed by atoms with Crippen LogP contribution in [0.3, 0.4) is 0 Å². The smallest absolute Gasteiger partial charge is 0.287 e. The normalized spacial score (nSPS) is 15.7. The molecule has 0 aliphatic heterocycles. The van der Waals surface area contributed by atoms with Crippen LogP contribution in [0.2, 0.25) is 0 Å². The van der Waals surface area contributed by atoms with Crippen molar-refractivity contribution in [2.24, 2.45) is 5.16 Å². The first-order chi connectivity index (χ1) is 10.2. The summed E-state index contributed by atoms with van der Waals surface area (Å²) in [6, 6.07) is 8.74. The molecule has 0 spiro atoms. The fourth-order valence-electron chi connectivity index (χ4n) is 2.06. The van der Waals surface area contributed by atoms with E-state index in [1.54, 1.807) is 24.3 Å². The predicted molar refractivity (Wildman–Crippen MR) is 82.6 cm³/mol. The summed E-state index contributed by atoms with van der Waals surface area (Å²) in [7, 11) is 0. The molecule has 1 aromatic carbocycles. The SMILES string of the molecule is N#CC(NC(=O)c1ccc(Br)cc1)ON=C1CCCCC1. The zero-order valence-electron chi connectivity index (χ0n) is 11.5. The van der Waals surface area contributed by atoms with Crippen molar-refractivity contribution < 1.29 is 9.63 Å². The Bertz CT molecular complexity index is 555. The lowest BCUT2D eigenvalue weighted by Crippen LogP contribution is -2.35. The molecule has 1 amide bonds. The van der Waals surface area contributed by atoms with E-state index in [-0.39, 0.29) is 5.91 Å². The van der Waals surface area contributed by atoms with Crippen molar-refractivity contribution in [2.45, 2.75) is 38.3 Å². The molecule has 0 heterocycles. The van der Waals surface area contributed by atoms with E-state index in [1.807, 2.05) is 6.07 Å². The fourth-order valence-corrected chi connectivity index (χ4v) is 2.33. The first-order valence-electron chi connectivity index (χ1n) is 6.86. The van der Waals surface area contributed by atoms with Crippen LogP contribution < -0.4 is 5.32 Å². The van der Waals surface area contributed by atoms with Crippen molar-refractivity contribution in [1.82, 2.24) is 5.32 Å². The van der Waals surface area contributed by atoms with Gasteiger partial charge in [0.1, 0.15) is 6.07 Å². The summed E-state index contributed by atoms with van der Waals surface area (Å²) >= 11 is 3.30. The highest BCUT2D eigenvalue weighted by atomic mass is 79.9. The number of hydrogen-bond donors (Lipinski definition) is 1. The number of carbonyl (C=O) groups excluding carboxylic acids is 1. The largest absolute Gasteiger partial charge is 0.355 e. The molecule has 0 aromatic heterocycles. The van der Waals surface area contributed by atoms with Crippen LogP contribution in [0, 0.1) is 11.3 Å². The van der Waals surface area contributed by atoms with Crippen molar-refractivity contribution in [2.75, 3.05) is 0 Å². The van der Waals surface area contributed by atoms with Gasteiger partial charge in [-0.25, -0.2) is 0 Å². The van der Waals surface area contributed by atoms with Crippen LogP contribution in [0.25, 0.3) is 0 Å². The number of halogens is 1. The molecule has 21 heavy (non-hydrogen) atoms. The topological polar surface area (TPSA) is 74.5 Å². The number of hydrogen-bond acceptors (Lipinski definition) is 4. The van der Waals surface area contributed by atoms with Crippen molar-refractivity contribution >= 4 is 27.5 Å². The highest BCUT2D eigenvalue weighted by Gasteiger charge is 2.15. The lowest BCUT2D eigenvalue weighted by Gasteiger charge is -2.14. The number of amides is 1. The van der Waals surface area contributed by atoms with E-state index in [0.717, 1.165) is 35.9 Å². The van der Waals surface area contributed by atoms with Crippen LogP contribution in [0.4, 0.5) is 0 Å². The van der Waals surface area contributed by atoms with Crippen LogP contribution in [0.1, 0.15) is 42.5 Å². The molecule has 2 rings (SSSR count). The van der Waals surface area contributed by atoms with Gasteiger partial charge in [-0.3, -0.25) is 4.79 Å². The first kappa shape index (κ1) is 15.5. The molecule has 1 unspecified atom stereocenters. The average molecular weight is 350 g/mol. The summed E-state index contributed by atoms with van der Waals surface area (Å²) in [5.41, 5.74) is 1.42. The lowest BCUT2D eigenvalue weighted by molar-refractivity contribution is 0.0585. The summed E-state index contributed by atoms with van der Waals surface area (Å²) in [4.78, 5) is 17.1. The summed E-state index contributed by atoms with van der Waals surface area (Å²) in [6.07, 6.45) is 4.14. The Morgan fingerprint density at radius 3 is 2.57 bits per heavy atom. The van der Waals surface area contributed by atoms with E-state index in [0.29, 0.717) is 5.56 Å². The van der Waals surface area contributed by atoms with Gasteiger partial charge in [-0.2, -0.15) is 5.26 Å². The Morgan fingerprint density at radius 1 is 1.29 bits per heavy atom. The van der Waals surface area contributed by atoms with Crippen molar-refractivity contribution in [3.63, 3.8) is 0 Å². The Hall–Kier alpha value is -1.87. The number of nitriles is 1. The monoisotopic (exact) mass is 349 g/mol. The van der Waals surface area contributed by atoms with Gasteiger partial charge in [0.2, 0.25) is 0 Å². The number of nitrogens with one attached hydrogen (secondary N) is 1. The Morgan fingerprint density at radius 2 is 1.95 bits per heavy atom. The number of carbonyl (C=O) groups is 1. The third-order valence-electron chi connectivity index (χ3n) is 3.20. The fraction of sp³-hybridized carbons (Fsp3) is 0.400. The van der Waals surface area contributed by atoms with E-state index >= 15 is 0 Å². The average Bonchev–Trinajstić information content (AvgIpc) is 2.53. The summed E-state index contributed by atoms with van der Waals surface area (Å²) < 4.78 is 0.885. The second-order valence-electron chi connectivity index (χ2n) is 4.81. The Balaban J connectivity index is 1.91. The molecule has 6 heteroatoms. The summed E-state index contributed by atoms with van der Waals surface area (Å²) in [5, 5.41) is 15.5. The molecule has 5 nitrogen and oxygen atoms in total. The molecule has 0 saturated heterocycles. The standard InChI is InChI=1S/C15H16BrN3O2/c16-12-8-6-11(7-9-12)15(20)18-14(10-17)21-19-13-4-2-1-3-5-13/h6-9,14H,1-5H2,(H,18,20). The van der Waals surface area contributed by atoms with Crippen LogP contribution in [-0.2, 0) is 4.84 Å². The summed E-state index contributed by atoms with van der Waals surface area (Å²) in [5.74, 6) is -0.363. The number of benzene rings is 1. The minimum absolute atomic E-state index is 0.363. The molecule has 1 aromatic rings. The van der Waals surface area contributed by atoms with Crippen molar-refractivity contribution in [1.29, 1.82) is 5.26 Å². The third-order valence-corrected chi connectivity index (χ3v) is 3.73. The molecule has 1 aliphatic rings. The number of rotatable bonds is 4. The highest BCUT2D eigenvalue weighted by molar-refractivity contribution is 9.10. The lowest BCUT2D eigenvalue weighted by atomic mass is 9.99. The zero-order valence-corrected chi connectivity index (χ0v) is 13.1. The van der Waals surface area contributed by atoms with Crippen LogP contribution in [-0.4, -0.2) is 17.8 Å². The molecule has 0 bridgehead atoms. The molecule has 1 fully saturated rings. The highest BCUT2D eigenvalue weighted by Crippen LogP contribution is 2.15. The van der Waals surface area contributed by atoms with Crippen molar-refractivity contribution in [3.05, 3.63) is 34.3 Å². The Kier molecular flexibility index (Phi) is 5.76. The predicted octanol–water partition coefficient (Wildman–Crippen LogP) is 3.37. The first-order valence-corrected chi connectivity index (χ1v) is 7.66. The van der Waals surface area contributed by atoms with E-state index < -0.39 is 6.23 Å². The van der Waals surface area contributed by atoms with Gasteiger partial charge in [-0.15, -0.1) is 0 Å². The van der Waals surface area contributed by atoms with Crippen LogP contribution in [0.5, 0.6) is 0 Å². The van der Waals surface area contributed by atoms with E-state index in [2.05, 4.69) is 26.4 Å². The van der Waals surface area contributed by atoms with Gasteiger partial charge in [0.15, 0.2) is 0 Å². The minimum atomic E-state index is -1.07. The van der Waals surface area contributed by atoms with Gasteiger partial charge in [0.25, 0.3) is 12.1 Å². The minimum Gasteiger partial charge on any atom is -0.355 e. The molecular formula is C15H16BrN3O2. The maximum atomic E-state index is 12.0. The molecule has 0 radical (unpaired) electrons. The maximum Gasteiger partial charge on any atom is 0.287 e. The molecule has 1 N–H and O–H groups in total. The van der Waals surface area contributed by atoms with E-state index in [9.17, 15) is 4.79 Å². The van der Waals surface area contributed by atoms with Gasteiger partial charge in [0.05, 0.1) is 5.71 Å². The van der Waals surface area contributed by atoms with E-state index in [4.69, 9.17) is 10.1 Å². The van der Waals surface area contributed by atoms with Crippen LogP contribution >= 0.6 is 15.9 Å². The molecule has 110 valence electrons. The van der Waals surface area contributed by atoms with Gasteiger partial charge >= 0.3 is 0 Å². The zero-order chi connectivity index (χ0) is 15.1. The number of nitrogens with zero attached hydrogens (tertiary/aromatic N) is 2. The Labute approximate surface area is 132 Å². The second-order valence-corrected chi connectivity index (χ2v) is 5.73. The quantitative estimate of drug-likeness (QED) is 0.668. The summed E-state index contributed by atoms with van der Waals surface area (Å²) in [6.45, 7) is 0. The van der Waals surface area contributed by atoms with Gasteiger partial charge in [0, 0.05) is 10.0 Å². The van der Waals surface area contributed by atoms with Gasteiger partial charge < -0.3 is 10.2 Å². The maximum absolute atomic E-state index is 12.0. The third kappa shape index (κ3) is 4.87. The molecular weight excluding hydrogens is 334 g/mol. The van der Waals surface area contributed by atoms with E-state index in [1.165, 1.54) is 6.42 Å². The second kappa shape index (κ2) is 7.79. The molecule has 1 aliphatic carbocycles. The molecule has 1 atom stereocenters. The van der Waals surface area contributed by atoms with Gasteiger partial charge in [-0.1, -0.05) is 27.5 Å². The van der Waals surface area contributed by atoms with Crippen LogP contribution in [0.15, 0.2) is 33.9 Å². The molecule has 1 saturated carbocycles. The van der Waals surface area contributed by atoms with Gasteiger partial charge in [-0.05, 0) is 49.9 Å². The van der Waals surface area contributed by atoms with Crippen molar-refractivity contribution in [3.8, 4) is 6.07 Å². The number of oxime groups is 1.